The Morgan fingerprint density at radius 1 is 1.22 bits per heavy atom. The lowest BCUT2D eigenvalue weighted by molar-refractivity contribution is -0.141. The van der Waals surface area contributed by atoms with Gasteiger partial charge in [0, 0.05) is 24.8 Å². The van der Waals surface area contributed by atoms with Crippen LogP contribution in [0, 0.1) is 0 Å². The first-order valence-corrected chi connectivity index (χ1v) is 7.00. The van der Waals surface area contributed by atoms with Crippen molar-refractivity contribution in [2.45, 2.75) is 18.8 Å². The van der Waals surface area contributed by atoms with Gasteiger partial charge in [-0.3, -0.25) is 9.48 Å². The van der Waals surface area contributed by atoms with Crippen molar-refractivity contribution in [3.63, 3.8) is 0 Å². The van der Waals surface area contributed by atoms with Crippen molar-refractivity contribution in [1.29, 1.82) is 0 Å². The second kappa shape index (κ2) is 5.69. The van der Waals surface area contributed by atoms with Crippen molar-refractivity contribution in [3.05, 3.63) is 53.3 Å². The first-order chi connectivity index (χ1) is 10.8. The van der Waals surface area contributed by atoms with Gasteiger partial charge in [0.2, 0.25) is 0 Å². The summed E-state index contributed by atoms with van der Waals surface area (Å²) in [6, 6.07) is 7.52. The summed E-state index contributed by atoms with van der Waals surface area (Å²) in [5.41, 5.74) is 0.291. The number of aromatic nitrogens is 2. The van der Waals surface area contributed by atoms with Gasteiger partial charge in [0.05, 0.1) is 12.6 Å². The maximum absolute atomic E-state index is 12.5. The lowest BCUT2D eigenvalue weighted by Crippen LogP contribution is -2.53. The van der Waals surface area contributed by atoms with Crippen LogP contribution >= 0.6 is 0 Å². The minimum Gasteiger partial charge on any atom is -0.389 e. The highest BCUT2D eigenvalue weighted by Crippen LogP contribution is 2.27. The molecule has 2 aromatic rings. The van der Waals surface area contributed by atoms with E-state index >= 15 is 0 Å². The van der Waals surface area contributed by atoms with Crippen molar-refractivity contribution in [2.75, 3.05) is 13.1 Å². The number of likely N-dealkylation sites (tertiary alicyclic amines) is 1. The van der Waals surface area contributed by atoms with Crippen molar-refractivity contribution >= 4 is 5.91 Å². The molecule has 1 fully saturated rings. The summed E-state index contributed by atoms with van der Waals surface area (Å²) >= 11 is 0. The molecule has 1 aliphatic heterocycles. The first kappa shape index (κ1) is 15.5. The van der Waals surface area contributed by atoms with Crippen LogP contribution in [-0.4, -0.2) is 44.9 Å². The summed E-state index contributed by atoms with van der Waals surface area (Å²) < 4.78 is 38.7. The number of hydrogen-bond acceptors (Lipinski definition) is 3. The number of carbonyl (C=O) groups excluding carboxylic acids is 1. The summed E-state index contributed by atoms with van der Waals surface area (Å²) in [4.78, 5) is 13.6. The monoisotopic (exact) mass is 325 g/mol. The SMILES string of the molecule is O=C(c1ccc(Cn2ccc(C(F)(F)F)n2)cc1)N1CC(O)C1. The first-order valence-electron chi connectivity index (χ1n) is 7.00. The number of amides is 1. The Bertz CT molecular complexity index is 704. The molecule has 0 radical (unpaired) electrons. The van der Waals surface area contributed by atoms with Crippen molar-refractivity contribution in [2.24, 2.45) is 0 Å². The Labute approximate surface area is 129 Å². The highest BCUT2D eigenvalue weighted by molar-refractivity contribution is 5.94. The van der Waals surface area contributed by atoms with Gasteiger partial charge in [-0.05, 0) is 23.8 Å². The maximum atomic E-state index is 12.5. The molecular weight excluding hydrogens is 311 g/mol. The van der Waals surface area contributed by atoms with Crippen LogP contribution in [0.2, 0.25) is 0 Å². The van der Waals surface area contributed by atoms with Gasteiger partial charge >= 0.3 is 6.18 Å². The molecule has 0 saturated carbocycles. The zero-order valence-electron chi connectivity index (χ0n) is 12.0. The fraction of sp³-hybridized carbons (Fsp3) is 0.333. The van der Waals surface area contributed by atoms with Crippen LogP contribution in [0.3, 0.4) is 0 Å². The predicted octanol–water partition coefficient (Wildman–Crippen LogP) is 1.77. The third-order valence-electron chi connectivity index (χ3n) is 3.63. The topological polar surface area (TPSA) is 58.4 Å². The Morgan fingerprint density at radius 3 is 2.39 bits per heavy atom. The molecule has 1 aromatic heterocycles. The zero-order valence-corrected chi connectivity index (χ0v) is 12.0. The largest absolute Gasteiger partial charge is 0.435 e. The van der Waals surface area contributed by atoms with Gasteiger partial charge in [0.1, 0.15) is 0 Å². The molecule has 0 unspecified atom stereocenters. The van der Waals surface area contributed by atoms with Crippen molar-refractivity contribution in [3.8, 4) is 0 Å². The van der Waals surface area contributed by atoms with E-state index in [9.17, 15) is 23.1 Å². The Hall–Kier alpha value is -2.35. The number of nitrogens with zero attached hydrogens (tertiary/aromatic N) is 3. The fourth-order valence-electron chi connectivity index (χ4n) is 2.34. The number of halogens is 3. The van der Waals surface area contributed by atoms with Gasteiger partial charge in [-0.1, -0.05) is 12.1 Å². The number of benzene rings is 1. The average molecular weight is 325 g/mol. The molecule has 1 aromatic carbocycles. The normalized spacial score (nSPS) is 15.6. The quantitative estimate of drug-likeness (QED) is 0.936. The molecular formula is C15H14F3N3O2. The third-order valence-corrected chi connectivity index (χ3v) is 3.63. The molecule has 0 aliphatic carbocycles. The number of β-amino-alcohol motifs (C(OH)–C–C–N with tert-alkyl or cyclic N) is 1. The lowest BCUT2D eigenvalue weighted by atomic mass is 10.1. The molecule has 1 saturated heterocycles. The molecule has 8 heteroatoms. The number of aliphatic hydroxyl groups excluding tert-OH is 1. The predicted molar refractivity (Wildman–Crippen MR) is 74.7 cm³/mol. The van der Waals surface area contributed by atoms with Crippen molar-refractivity contribution in [1.82, 2.24) is 14.7 Å². The van der Waals surface area contributed by atoms with Crippen LogP contribution < -0.4 is 0 Å². The zero-order chi connectivity index (χ0) is 16.6. The van der Waals surface area contributed by atoms with E-state index < -0.39 is 18.0 Å². The maximum Gasteiger partial charge on any atom is 0.435 e. The standard InChI is InChI=1S/C15H14F3N3O2/c16-15(17,18)13-5-6-21(19-13)7-10-1-3-11(4-2-10)14(23)20-8-12(22)9-20/h1-6,12,22H,7-9H2. The number of carbonyl (C=O) groups is 1. The number of alkyl halides is 3. The van der Waals surface area contributed by atoms with Crippen LogP contribution in [0.4, 0.5) is 13.2 Å². The molecule has 0 spiro atoms. The summed E-state index contributed by atoms with van der Waals surface area (Å²) in [6.45, 7) is 0.842. The highest BCUT2D eigenvalue weighted by Gasteiger charge is 2.33. The molecule has 3 rings (SSSR count). The van der Waals surface area contributed by atoms with E-state index in [4.69, 9.17) is 0 Å². The summed E-state index contributed by atoms with van der Waals surface area (Å²) in [6.07, 6.45) is -3.65. The molecule has 122 valence electrons. The number of rotatable bonds is 3. The summed E-state index contributed by atoms with van der Waals surface area (Å²) in [7, 11) is 0. The van der Waals surface area contributed by atoms with Gasteiger partial charge in [0.25, 0.3) is 5.91 Å². The second-order valence-corrected chi connectivity index (χ2v) is 5.46. The van der Waals surface area contributed by atoms with Crippen LogP contribution in [0.5, 0.6) is 0 Å². The molecule has 1 amide bonds. The second-order valence-electron chi connectivity index (χ2n) is 5.46. The number of aliphatic hydroxyl groups is 1. The molecule has 2 heterocycles. The van der Waals surface area contributed by atoms with E-state index in [-0.39, 0.29) is 12.5 Å². The van der Waals surface area contributed by atoms with Crippen LogP contribution in [0.15, 0.2) is 36.5 Å². The average Bonchev–Trinajstić information content (AvgIpc) is 2.93. The number of hydrogen-bond donors (Lipinski definition) is 1. The Kier molecular flexibility index (Phi) is 3.85. The summed E-state index contributed by atoms with van der Waals surface area (Å²) in [5, 5.41) is 12.7. The molecule has 1 aliphatic rings. The molecule has 23 heavy (non-hydrogen) atoms. The molecule has 0 atom stereocenters. The molecule has 0 bridgehead atoms. The smallest absolute Gasteiger partial charge is 0.389 e. The lowest BCUT2D eigenvalue weighted by Gasteiger charge is -2.35. The van der Waals surface area contributed by atoms with Crippen LogP contribution in [-0.2, 0) is 12.7 Å². The van der Waals surface area contributed by atoms with Gasteiger partial charge in [0.15, 0.2) is 5.69 Å². The van der Waals surface area contributed by atoms with E-state index in [1.165, 1.54) is 15.8 Å². The van der Waals surface area contributed by atoms with Gasteiger partial charge in [-0.15, -0.1) is 0 Å². The van der Waals surface area contributed by atoms with E-state index in [0.29, 0.717) is 18.7 Å². The van der Waals surface area contributed by atoms with Crippen LogP contribution in [0.1, 0.15) is 21.6 Å². The highest BCUT2D eigenvalue weighted by atomic mass is 19.4. The minimum absolute atomic E-state index is 0.166. The van der Waals surface area contributed by atoms with E-state index in [1.54, 1.807) is 24.3 Å². The van der Waals surface area contributed by atoms with E-state index in [1.807, 2.05) is 0 Å². The van der Waals surface area contributed by atoms with Gasteiger partial charge in [-0.2, -0.15) is 18.3 Å². The Balaban J connectivity index is 1.65. The fourth-order valence-corrected chi connectivity index (χ4v) is 2.34. The van der Waals surface area contributed by atoms with Gasteiger partial charge in [-0.25, -0.2) is 0 Å². The van der Waals surface area contributed by atoms with E-state index in [2.05, 4.69) is 5.10 Å². The third kappa shape index (κ3) is 3.37. The van der Waals surface area contributed by atoms with Crippen LogP contribution in [0.25, 0.3) is 0 Å². The Morgan fingerprint density at radius 2 is 1.87 bits per heavy atom. The van der Waals surface area contributed by atoms with Crippen molar-refractivity contribution < 1.29 is 23.1 Å². The molecule has 1 N–H and O–H groups in total. The van der Waals surface area contributed by atoms with E-state index in [0.717, 1.165) is 11.6 Å². The van der Waals surface area contributed by atoms with Gasteiger partial charge < -0.3 is 10.0 Å². The summed E-state index contributed by atoms with van der Waals surface area (Å²) in [5.74, 6) is -0.166. The molecule has 5 nitrogen and oxygen atoms in total. The minimum atomic E-state index is -4.46.